The number of carbonyl (C=O) groups excluding carboxylic acids is 15. The smallest absolute Gasteiger partial charge is 0.339 e. The monoisotopic (exact) mass is 1720 g/mol. The Morgan fingerprint density at radius 1 is 0.372 bits per heavy atom. The number of hydrogen-bond donors (Lipinski definition) is 0. The molecule has 0 aromatic heterocycles. The number of methoxy groups -OCH3 is 1. The highest BCUT2D eigenvalue weighted by molar-refractivity contribution is 5.77. The predicted molar refractivity (Wildman–Crippen MR) is 403 cm³/mol. The summed E-state index contributed by atoms with van der Waals surface area (Å²) in [6.45, 7) is 29.3. The number of fused-ring (bicyclic) bond motifs is 7. The molecule has 32 atom stereocenters. The van der Waals surface area contributed by atoms with Crippen LogP contribution in [0.1, 0.15) is 204 Å². The highest BCUT2D eigenvalue weighted by Crippen LogP contribution is 2.76. The largest absolute Gasteiger partial charge is 0.467 e. The standard InChI is InChI=1S/C83H118O38/c1-36-58(105-41(6)87)61(108-44(9)90)67(113-49(14)95)74(103-36)119-69-63(110-46(11)92)60(107-43(8)89)54(33-100-38(3)84)116-76(69)120-70-65(112-48(13)94)64(111-47(12)93)66(73(98)99-23)118-77(70)117-57-27-28-80(19)55(81(57,20)35-102-40(5)86)26-29-83(22)56(80)25-24-52-53-32-78(17,34-101-39(4)85)71(72(115-51(16)97)79(53,18)30-31-82(52,83)21)121-75-68(114-50(15)96)62(109-45(10)91)59(37(2)104-75)106-42(7)88/h24,36-37,53-72,74-77H,25-35H2,1-23H3/t36-,37-,53-,54+,55?,56+,57-,58-,59-,60-,61+,62+,63-,64-,65-,66-,67+,68+,69+,70+,71-,72+,74-,75-,76-,77+,78-,79+,80-,81+,82+,83+/m0/s1. The molecule has 4 heterocycles. The second-order valence-electron chi connectivity index (χ2n) is 34.7. The van der Waals surface area contributed by atoms with E-state index in [1.165, 1.54) is 27.7 Å². The Bertz CT molecular complexity index is 3950. The average Bonchev–Trinajstić information content (AvgIpc) is 0.670. The fourth-order valence-electron chi connectivity index (χ4n) is 20.9. The summed E-state index contributed by atoms with van der Waals surface area (Å²) in [6, 6.07) is 0. The Labute approximate surface area is 701 Å². The van der Waals surface area contributed by atoms with Gasteiger partial charge < -0.3 is 109 Å². The maximum absolute atomic E-state index is 14.4. The Morgan fingerprint density at radius 3 is 1.24 bits per heavy atom. The van der Waals surface area contributed by atoms with Crippen molar-refractivity contribution < 1.29 is 181 Å². The fraction of sp³-hybridized carbons (Fsp3) is 0.795. The van der Waals surface area contributed by atoms with E-state index in [2.05, 4.69) is 26.8 Å². The zero-order chi connectivity index (χ0) is 90.0. The third-order valence-corrected chi connectivity index (χ3v) is 26.0. The summed E-state index contributed by atoms with van der Waals surface area (Å²) in [5.41, 5.74) is -4.33. The number of carbonyl (C=O) groups is 15. The minimum Gasteiger partial charge on any atom is -0.467 e. The SMILES string of the molecule is COC(=O)[C@H]1O[C@@H](O[C@H]2CC[C@@]3(C)C(CC[C@]4(C)[C@@H]3CC=C3[C@@H]5C[C@@](C)(COC(C)=O)[C@@H](O[C@@H]6O[C@@H](C)[C@H](OC(C)=O)[C@@H](OC(C)=O)[C@H]6OC(C)=O)[C@@H](OC(C)=O)[C@]5(C)CC[C@]34C)[C@@]2(C)COC(C)=O)[C@H](O[C@@H]2O[C@H](COC(C)=O)[C@H](OC(C)=O)[C@H](OC(C)=O)[C@H]2O[C@@H]2O[C@@H](C)[C@H](OC(C)=O)[C@@H](OC(C)=O)[C@H]2OC(C)=O)[C@@H](OC(C)=O)[C@@H]1OC(C)=O. The first-order valence-electron chi connectivity index (χ1n) is 40.7. The molecule has 4 saturated heterocycles. The molecule has 0 bridgehead atoms. The molecule has 38 heteroatoms. The highest BCUT2D eigenvalue weighted by atomic mass is 16.8. The Balaban J connectivity index is 1.15. The van der Waals surface area contributed by atoms with E-state index in [1.54, 1.807) is 6.92 Å². The number of ether oxygens (including phenoxy) is 23. The summed E-state index contributed by atoms with van der Waals surface area (Å²) in [4.78, 5) is 199. The topological polar surface area (TPSA) is 468 Å². The summed E-state index contributed by atoms with van der Waals surface area (Å²) in [5.74, 6) is -14.5. The van der Waals surface area contributed by atoms with Crippen LogP contribution in [0.25, 0.3) is 0 Å². The molecule has 5 aliphatic carbocycles. The van der Waals surface area contributed by atoms with Gasteiger partial charge in [-0.25, -0.2) is 4.79 Å². The molecule has 0 amide bonds. The van der Waals surface area contributed by atoms with E-state index >= 15 is 0 Å². The Hall–Kier alpha value is -8.53. The molecule has 8 fully saturated rings. The summed E-state index contributed by atoms with van der Waals surface area (Å²) < 4.78 is 142. The molecule has 0 spiro atoms. The maximum Gasteiger partial charge on any atom is 0.339 e. The third-order valence-electron chi connectivity index (χ3n) is 26.0. The van der Waals surface area contributed by atoms with Crippen LogP contribution in [0.3, 0.4) is 0 Å². The first kappa shape index (κ1) is 96.3. The zero-order valence-corrected chi connectivity index (χ0v) is 72.9. The fourth-order valence-corrected chi connectivity index (χ4v) is 20.9. The molecule has 0 N–H and O–H groups in total. The van der Waals surface area contributed by atoms with Crippen LogP contribution in [0.5, 0.6) is 0 Å². The van der Waals surface area contributed by atoms with Gasteiger partial charge in [-0.05, 0) is 99.2 Å². The molecule has 9 rings (SSSR count). The van der Waals surface area contributed by atoms with Crippen molar-refractivity contribution in [2.24, 2.45) is 50.2 Å². The second kappa shape index (κ2) is 38.3. The van der Waals surface area contributed by atoms with E-state index in [0.717, 1.165) is 88.8 Å². The number of allylic oxidation sites excluding steroid dienone is 2. The molecule has 1 unspecified atom stereocenters. The van der Waals surface area contributed by atoms with Crippen LogP contribution in [0.15, 0.2) is 11.6 Å². The van der Waals surface area contributed by atoms with Gasteiger partial charge in [0.2, 0.25) is 0 Å². The number of hydrogen-bond acceptors (Lipinski definition) is 38. The molecule has 4 aliphatic heterocycles. The number of esters is 15. The van der Waals surface area contributed by atoms with Crippen molar-refractivity contribution in [3.05, 3.63) is 11.6 Å². The molecule has 678 valence electrons. The molecule has 4 saturated carbocycles. The van der Waals surface area contributed by atoms with Crippen molar-refractivity contribution in [2.45, 2.75) is 345 Å². The molecule has 0 radical (unpaired) electrons. The van der Waals surface area contributed by atoms with E-state index in [4.69, 9.17) is 109 Å². The van der Waals surface area contributed by atoms with E-state index in [9.17, 15) is 71.9 Å². The molecule has 0 aromatic carbocycles. The van der Waals surface area contributed by atoms with E-state index in [0.29, 0.717) is 38.5 Å². The van der Waals surface area contributed by atoms with Gasteiger partial charge in [0.1, 0.15) is 24.9 Å². The average molecular weight is 1720 g/mol. The van der Waals surface area contributed by atoms with Crippen LogP contribution in [-0.4, -0.2) is 258 Å². The zero-order valence-electron chi connectivity index (χ0n) is 72.9. The lowest BCUT2D eigenvalue weighted by Gasteiger charge is -2.72. The summed E-state index contributed by atoms with van der Waals surface area (Å²) in [5, 5.41) is 0. The summed E-state index contributed by atoms with van der Waals surface area (Å²) >= 11 is 0. The van der Waals surface area contributed by atoms with Gasteiger partial charge >= 0.3 is 89.5 Å². The van der Waals surface area contributed by atoms with Crippen molar-refractivity contribution in [2.75, 3.05) is 26.9 Å². The van der Waals surface area contributed by atoms with Crippen molar-refractivity contribution in [1.29, 1.82) is 0 Å². The first-order valence-corrected chi connectivity index (χ1v) is 40.7. The molecule has 9 aliphatic rings. The third kappa shape index (κ3) is 20.6. The lowest BCUT2D eigenvalue weighted by atomic mass is 9.33. The van der Waals surface area contributed by atoms with E-state index in [-0.39, 0.29) is 32.0 Å². The minimum absolute atomic E-state index is 0.113. The quantitative estimate of drug-likeness (QED) is 0.0441. The minimum atomic E-state index is -2.22. The van der Waals surface area contributed by atoms with Crippen LogP contribution in [-0.2, 0) is 181 Å². The highest BCUT2D eigenvalue weighted by Gasteiger charge is 2.73. The lowest BCUT2D eigenvalue weighted by Crippen LogP contribution is -2.70. The number of rotatable bonds is 26. The molecule has 38 nitrogen and oxygen atoms in total. The van der Waals surface area contributed by atoms with Gasteiger partial charge in [0.25, 0.3) is 0 Å². The Kier molecular flexibility index (Phi) is 30.5. The van der Waals surface area contributed by atoms with Gasteiger partial charge in [0, 0.05) is 113 Å². The van der Waals surface area contributed by atoms with Crippen LogP contribution < -0.4 is 0 Å². The van der Waals surface area contributed by atoms with Gasteiger partial charge in [0.15, 0.2) is 105 Å². The second-order valence-corrected chi connectivity index (χ2v) is 34.7. The van der Waals surface area contributed by atoms with Crippen LogP contribution in [0.2, 0.25) is 0 Å². The van der Waals surface area contributed by atoms with Gasteiger partial charge in [-0.15, -0.1) is 0 Å². The van der Waals surface area contributed by atoms with Gasteiger partial charge in [-0.1, -0.05) is 53.2 Å². The maximum atomic E-state index is 14.4. The first-order chi connectivity index (χ1) is 56.4. The van der Waals surface area contributed by atoms with Crippen molar-refractivity contribution in [3.63, 3.8) is 0 Å². The predicted octanol–water partition coefficient (Wildman–Crippen LogP) is 5.58. The molecule has 121 heavy (non-hydrogen) atoms. The Morgan fingerprint density at radius 2 is 0.777 bits per heavy atom. The van der Waals surface area contributed by atoms with Crippen LogP contribution >= 0.6 is 0 Å². The van der Waals surface area contributed by atoms with Crippen LogP contribution in [0, 0.1) is 50.2 Å². The molecular formula is C83H118O38. The lowest BCUT2D eigenvalue weighted by molar-refractivity contribution is -0.396. The molecular weight excluding hydrogens is 1600 g/mol. The van der Waals surface area contributed by atoms with Crippen molar-refractivity contribution in [3.8, 4) is 0 Å². The van der Waals surface area contributed by atoms with Crippen molar-refractivity contribution in [1.82, 2.24) is 0 Å². The molecule has 0 aromatic rings. The van der Waals surface area contributed by atoms with Gasteiger partial charge in [-0.2, -0.15) is 0 Å². The van der Waals surface area contributed by atoms with Gasteiger partial charge in [-0.3, -0.25) is 67.1 Å². The normalized spacial score (nSPS) is 40.3. The van der Waals surface area contributed by atoms with Crippen molar-refractivity contribution >= 4 is 89.5 Å². The van der Waals surface area contributed by atoms with E-state index in [1.807, 2.05) is 20.8 Å². The van der Waals surface area contributed by atoms with E-state index < -0.39 is 282 Å². The van der Waals surface area contributed by atoms with Crippen LogP contribution in [0.4, 0.5) is 0 Å². The summed E-state index contributed by atoms with van der Waals surface area (Å²) in [7, 11) is 1.01. The summed E-state index contributed by atoms with van der Waals surface area (Å²) in [6.07, 6.45) is -33.5. The van der Waals surface area contributed by atoms with Gasteiger partial charge in [0.05, 0.1) is 38.6 Å².